The highest BCUT2D eigenvalue weighted by Gasteiger charge is 2.10. The summed E-state index contributed by atoms with van der Waals surface area (Å²) in [7, 11) is -1.41. The number of hydrogen-bond acceptors (Lipinski definition) is 2. The lowest BCUT2D eigenvalue weighted by molar-refractivity contribution is -0.0000103. The lowest BCUT2D eigenvalue weighted by Crippen LogP contribution is -3.00. The zero-order valence-electron chi connectivity index (χ0n) is 23.0. The normalized spacial score (nSPS) is 9.79. The van der Waals surface area contributed by atoms with Crippen molar-refractivity contribution in [2.45, 2.75) is 0 Å². The van der Waals surface area contributed by atoms with Gasteiger partial charge in [0.15, 0.2) is 0 Å². The van der Waals surface area contributed by atoms with E-state index in [1.807, 2.05) is 66.7 Å². The van der Waals surface area contributed by atoms with Crippen LogP contribution in [0, 0.1) is 3.57 Å². The first kappa shape index (κ1) is 35.2. The Morgan fingerprint density at radius 3 is 1.28 bits per heavy atom. The molecule has 6 aromatic carbocycles. The van der Waals surface area contributed by atoms with Crippen molar-refractivity contribution in [2.75, 3.05) is 0 Å². The van der Waals surface area contributed by atoms with E-state index < -0.39 is 7.12 Å². The summed E-state index contributed by atoms with van der Waals surface area (Å²) in [5.74, 6) is 0. The topological polar surface area (TPSA) is 40.5 Å². The van der Waals surface area contributed by atoms with Crippen molar-refractivity contribution in [3.63, 3.8) is 0 Å². The van der Waals surface area contributed by atoms with Crippen LogP contribution in [0.4, 0.5) is 0 Å². The van der Waals surface area contributed by atoms with E-state index in [2.05, 4.69) is 133 Å². The first-order valence-electron chi connectivity index (χ1n) is 13.2. The molecule has 216 valence electrons. The fourth-order valence-electron chi connectivity index (χ4n) is 4.15. The molecule has 0 fully saturated rings. The minimum absolute atomic E-state index is 0. The first-order chi connectivity index (χ1) is 20.4. The molecule has 0 unspecified atom stereocenters. The third kappa shape index (κ3) is 11.6. The van der Waals surface area contributed by atoms with E-state index >= 15 is 0 Å². The monoisotopic (exact) mass is 915 g/mol. The molecule has 7 heteroatoms. The molecule has 0 aliphatic heterocycles. The molecule has 6 aromatic rings. The zero-order valence-corrected chi connectivity index (χ0v) is 30.5. The van der Waals surface area contributed by atoms with Gasteiger partial charge in [-0.3, -0.25) is 0 Å². The van der Waals surface area contributed by atoms with Crippen LogP contribution < -0.4 is 29.4 Å². The van der Waals surface area contributed by atoms with E-state index in [4.69, 9.17) is 10.0 Å². The van der Waals surface area contributed by atoms with Gasteiger partial charge in [-0.15, -0.1) is 0 Å². The van der Waals surface area contributed by atoms with E-state index in [-0.39, 0.29) is 24.0 Å². The SMILES string of the molecule is Brc1cccc(-c2cccc(-c3ccccc3)c2)c1.Brc1cccc(I)c1.OB(O)c1cccc(-c2ccccc2)c1.[I-]. The van der Waals surface area contributed by atoms with Gasteiger partial charge in [-0.25, -0.2) is 0 Å². The predicted octanol–water partition coefficient (Wildman–Crippen LogP) is 6.87. The van der Waals surface area contributed by atoms with Crippen molar-refractivity contribution in [1.82, 2.24) is 0 Å². The lowest BCUT2D eigenvalue weighted by atomic mass is 9.79. The Morgan fingerprint density at radius 2 is 0.814 bits per heavy atom. The number of hydrogen-bond donors (Lipinski definition) is 2. The van der Waals surface area contributed by atoms with Gasteiger partial charge in [0.25, 0.3) is 0 Å². The van der Waals surface area contributed by atoms with Gasteiger partial charge in [-0.2, -0.15) is 0 Å². The van der Waals surface area contributed by atoms with Crippen LogP contribution >= 0.6 is 54.5 Å². The van der Waals surface area contributed by atoms with E-state index in [0.29, 0.717) is 5.46 Å². The van der Waals surface area contributed by atoms with Crippen LogP contribution in [0.15, 0.2) is 167 Å². The predicted molar refractivity (Wildman–Crippen MR) is 194 cm³/mol. The number of halogens is 4. The molecule has 0 saturated carbocycles. The van der Waals surface area contributed by atoms with E-state index in [1.54, 1.807) is 12.1 Å². The first-order valence-corrected chi connectivity index (χ1v) is 15.9. The second kappa shape index (κ2) is 18.5. The van der Waals surface area contributed by atoms with Crippen molar-refractivity contribution in [3.05, 3.63) is 170 Å². The Bertz CT molecular complexity index is 1680. The maximum Gasteiger partial charge on any atom is 0.488 e. The van der Waals surface area contributed by atoms with Crippen LogP contribution in [0.1, 0.15) is 0 Å². The molecule has 0 aliphatic rings. The highest BCUT2D eigenvalue weighted by Crippen LogP contribution is 2.27. The van der Waals surface area contributed by atoms with Gasteiger partial charge in [0.2, 0.25) is 0 Å². The minimum atomic E-state index is -1.41. The molecule has 0 spiro atoms. The van der Waals surface area contributed by atoms with Crippen molar-refractivity contribution in [3.8, 4) is 33.4 Å². The maximum absolute atomic E-state index is 9.05. The Labute approximate surface area is 301 Å². The highest BCUT2D eigenvalue weighted by molar-refractivity contribution is 14.1. The molecule has 0 radical (unpaired) electrons. The maximum atomic E-state index is 9.05. The van der Waals surface area contributed by atoms with Crippen molar-refractivity contribution >= 4 is 67.0 Å². The molecule has 0 heterocycles. The fourth-order valence-corrected chi connectivity index (χ4v) is 5.92. The molecule has 0 aliphatic carbocycles. The molecule has 0 aromatic heterocycles. The molecule has 0 amide bonds. The molecule has 2 N–H and O–H groups in total. The Morgan fingerprint density at radius 1 is 0.419 bits per heavy atom. The quantitative estimate of drug-likeness (QED) is 0.150. The van der Waals surface area contributed by atoms with Crippen LogP contribution in [0.2, 0.25) is 0 Å². The smallest absolute Gasteiger partial charge is 0.488 e. The highest BCUT2D eigenvalue weighted by atomic mass is 127. The van der Waals surface area contributed by atoms with Crippen LogP contribution in [-0.4, -0.2) is 17.2 Å². The lowest BCUT2D eigenvalue weighted by Gasteiger charge is -2.06. The average molecular weight is 917 g/mol. The summed E-state index contributed by atoms with van der Waals surface area (Å²) in [6.45, 7) is 0. The van der Waals surface area contributed by atoms with Gasteiger partial charge < -0.3 is 34.0 Å². The van der Waals surface area contributed by atoms with Crippen molar-refractivity contribution < 1.29 is 34.0 Å². The third-order valence-electron chi connectivity index (χ3n) is 6.21. The molecular formula is C36H28BBr2I2O2-. The van der Waals surface area contributed by atoms with E-state index in [1.165, 1.54) is 25.8 Å². The summed E-state index contributed by atoms with van der Waals surface area (Å²) in [5, 5.41) is 18.1. The molecular weight excluding hydrogens is 889 g/mol. The molecule has 0 bridgehead atoms. The summed E-state index contributed by atoms with van der Waals surface area (Å²) in [5.41, 5.74) is 7.53. The van der Waals surface area contributed by atoms with Gasteiger partial charge >= 0.3 is 7.12 Å². The summed E-state index contributed by atoms with van der Waals surface area (Å²) >= 11 is 9.16. The molecule has 2 nitrogen and oxygen atoms in total. The second-order valence-electron chi connectivity index (χ2n) is 9.26. The summed E-state index contributed by atoms with van der Waals surface area (Å²) in [6, 6.07) is 52.7. The largest absolute Gasteiger partial charge is 1.00 e. The number of benzene rings is 6. The minimum Gasteiger partial charge on any atom is -1.00 e. The van der Waals surface area contributed by atoms with Crippen LogP contribution in [0.5, 0.6) is 0 Å². The molecule has 0 atom stereocenters. The zero-order chi connectivity index (χ0) is 29.7. The van der Waals surface area contributed by atoms with Gasteiger partial charge in [0.05, 0.1) is 0 Å². The molecule has 6 rings (SSSR count). The fraction of sp³-hybridized carbons (Fsp3) is 0. The molecule has 43 heavy (non-hydrogen) atoms. The summed E-state index contributed by atoms with van der Waals surface area (Å²) < 4.78 is 3.51. The standard InChI is InChI=1S/C18H13Br.C12H11BO2.C6H4BrI.HI/c19-18-11-5-10-17(13-18)16-9-4-8-15(12-16)14-6-2-1-3-7-14;14-13(15)12-8-4-7-11(9-12)10-5-2-1-3-6-10;7-5-2-1-3-6(8)4-5;/h1-13H;1-9,14-15H;1-4H;1H/p-1. The average Bonchev–Trinajstić information content (AvgIpc) is 3.03. The van der Waals surface area contributed by atoms with Crippen molar-refractivity contribution in [1.29, 1.82) is 0 Å². The summed E-state index contributed by atoms with van der Waals surface area (Å²) in [4.78, 5) is 0. The molecule has 0 saturated heterocycles. The van der Waals surface area contributed by atoms with Crippen molar-refractivity contribution in [2.24, 2.45) is 0 Å². The Kier molecular flexibility index (Phi) is 15.2. The number of rotatable bonds is 4. The third-order valence-corrected chi connectivity index (χ3v) is 7.86. The van der Waals surface area contributed by atoms with Crippen LogP contribution in [0.25, 0.3) is 33.4 Å². The van der Waals surface area contributed by atoms with Gasteiger partial charge in [0, 0.05) is 12.5 Å². The van der Waals surface area contributed by atoms with Gasteiger partial charge in [-0.05, 0) is 97.8 Å². The Hall–Kier alpha value is -2.28. The van der Waals surface area contributed by atoms with Crippen LogP contribution in [0.3, 0.4) is 0 Å². The summed E-state index contributed by atoms with van der Waals surface area (Å²) in [6.07, 6.45) is 0. The van der Waals surface area contributed by atoms with E-state index in [9.17, 15) is 0 Å². The second-order valence-corrected chi connectivity index (χ2v) is 12.3. The Balaban J connectivity index is 0.000000188. The van der Waals surface area contributed by atoms with E-state index in [0.717, 1.165) is 20.1 Å². The van der Waals surface area contributed by atoms with Gasteiger partial charge in [0.1, 0.15) is 0 Å². The van der Waals surface area contributed by atoms with Gasteiger partial charge in [-0.1, -0.05) is 153 Å². The van der Waals surface area contributed by atoms with Crippen LogP contribution in [-0.2, 0) is 0 Å².